The summed E-state index contributed by atoms with van der Waals surface area (Å²) in [5, 5.41) is 3.54. The maximum absolute atomic E-state index is 6.21. The number of nitrogens with one attached hydrogen (secondary N) is 1. The summed E-state index contributed by atoms with van der Waals surface area (Å²) in [6.07, 6.45) is 7.68. The van der Waals surface area contributed by atoms with E-state index in [0.717, 1.165) is 50.5 Å². The average molecular weight is 310 g/mol. The quantitative estimate of drug-likeness (QED) is 0.939. The third-order valence-electron chi connectivity index (χ3n) is 4.75. The number of likely N-dealkylation sites (tertiary alicyclic amines) is 1. The van der Waals surface area contributed by atoms with Gasteiger partial charge in [-0.15, -0.1) is 0 Å². The number of pyridine rings is 2. The van der Waals surface area contributed by atoms with Crippen molar-refractivity contribution in [3.8, 4) is 0 Å². The minimum absolute atomic E-state index is 0.00859. The van der Waals surface area contributed by atoms with Gasteiger partial charge >= 0.3 is 0 Å². The number of rotatable bonds is 4. The smallest absolute Gasteiger partial charge is 0.0842 e. The summed E-state index contributed by atoms with van der Waals surface area (Å²) in [5.74, 6) is 0. The summed E-state index contributed by atoms with van der Waals surface area (Å²) < 4.78 is 6.21. The molecule has 0 bridgehead atoms. The van der Waals surface area contributed by atoms with Crippen molar-refractivity contribution in [2.24, 2.45) is 0 Å². The van der Waals surface area contributed by atoms with E-state index < -0.39 is 0 Å². The van der Waals surface area contributed by atoms with E-state index in [-0.39, 0.29) is 5.60 Å². The summed E-state index contributed by atoms with van der Waals surface area (Å²) in [5.41, 5.74) is 2.21. The average Bonchev–Trinajstić information content (AvgIpc) is 3.16. The molecule has 0 aliphatic carbocycles. The van der Waals surface area contributed by atoms with Crippen molar-refractivity contribution in [3.63, 3.8) is 0 Å². The van der Waals surface area contributed by atoms with Crippen molar-refractivity contribution in [1.29, 1.82) is 0 Å². The minimum Gasteiger partial charge on any atom is -0.379 e. The lowest BCUT2D eigenvalue weighted by atomic mass is 9.97. The van der Waals surface area contributed by atoms with E-state index in [1.807, 2.05) is 30.6 Å². The Morgan fingerprint density at radius 2 is 2.26 bits per heavy atom. The number of hydrogen-bond donors (Lipinski definition) is 1. The van der Waals surface area contributed by atoms with Gasteiger partial charge in [0.2, 0.25) is 0 Å². The largest absolute Gasteiger partial charge is 0.379 e. The predicted molar refractivity (Wildman–Crippen MR) is 89.1 cm³/mol. The first-order valence-electron chi connectivity index (χ1n) is 8.24. The number of aromatic nitrogens is 2. The van der Waals surface area contributed by atoms with Gasteiger partial charge < -0.3 is 10.1 Å². The second-order valence-electron chi connectivity index (χ2n) is 6.56. The maximum Gasteiger partial charge on any atom is 0.0842 e. The lowest BCUT2D eigenvalue weighted by molar-refractivity contribution is 0.0119. The predicted octanol–water partition coefficient (Wildman–Crippen LogP) is 2.32. The maximum atomic E-state index is 6.21. The van der Waals surface area contributed by atoms with Gasteiger partial charge in [0, 0.05) is 44.6 Å². The van der Waals surface area contributed by atoms with Crippen LogP contribution in [0.3, 0.4) is 0 Å². The van der Waals surface area contributed by atoms with Crippen molar-refractivity contribution < 1.29 is 4.74 Å². The first kappa shape index (κ1) is 14.6. The molecule has 2 atom stereocenters. The molecule has 1 N–H and O–H groups in total. The van der Waals surface area contributed by atoms with E-state index in [2.05, 4.69) is 32.3 Å². The molecule has 2 aliphatic heterocycles. The first-order valence-corrected chi connectivity index (χ1v) is 8.24. The van der Waals surface area contributed by atoms with Crippen LogP contribution in [-0.2, 0) is 11.3 Å². The molecule has 120 valence electrons. The van der Waals surface area contributed by atoms with Gasteiger partial charge in [0.1, 0.15) is 0 Å². The summed E-state index contributed by atoms with van der Waals surface area (Å²) in [6, 6.07) is 10.5. The molecule has 2 fully saturated rings. The lowest BCUT2D eigenvalue weighted by Crippen LogP contribution is -2.33. The van der Waals surface area contributed by atoms with E-state index in [1.54, 1.807) is 6.20 Å². The molecule has 4 rings (SSSR count). The standard InChI is InChI=1S/C18H22N4O/c1-2-8-20-16(4-1)12-22-9-6-18(14-22)10-17(13-23-18)21-15-5-3-7-19-11-15/h1-5,7-8,11,17,21H,6,9-10,12-14H2/t17-,18-/m0/s1. The molecule has 2 saturated heterocycles. The Hall–Kier alpha value is -1.98. The second-order valence-corrected chi connectivity index (χ2v) is 6.56. The molecule has 2 aliphatic rings. The van der Waals surface area contributed by atoms with Crippen LogP contribution in [0.15, 0.2) is 48.9 Å². The van der Waals surface area contributed by atoms with Gasteiger partial charge in [-0.25, -0.2) is 0 Å². The number of nitrogens with zero attached hydrogens (tertiary/aromatic N) is 3. The number of anilines is 1. The molecule has 2 aromatic rings. The molecule has 23 heavy (non-hydrogen) atoms. The zero-order chi connectivity index (χ0) is 15.5. The molecule has 1 spiro atoms. The fourth-order valence-electron chi connectivity index (χ4n) is 3.69. The van der Waals surface area contributed by atoms with Crippen LogP contribution >= 0.6 is 0 Å². The summed E-state index contributed by atoms with van der Waals surface area (Å²) in [6.45, 7) is 3.75. The Morgan fingerprint density at radius 1 is 1.26 bits per heavy atom. The molecule has 0 saturated carbocycles. The Morgan fingerprint density at radius 3 is 3.09 bits per heavy atom. The van der Waals surface area contributed by atoms with Crippen LogP contribution < -0.4 is 5.32 Å². The molecule has 2 aromatic heterocycles. The van der Waals surface area contributed by atoms with E-state index >= 15 is 0 Å². The first-order chi connectivity index (χ1) is 11.3. The fourth-order valence-corrected chi connectivity index (χ4v) is 3.69. The van der Waals surface area contributed by atoms with Crippen LogP contribution in [0.2, 0.25) is 0 Å². The van der Waals surface area contributed by atoms with E-state index in [1.165, 1.54) is 0 Å². The van der Waals surface area contributed by atoms with E-state index in [9.17, 15) is 0 Å². The highest BCUT2D eigenvalue weighted by atomic mass is 16.5. The molecule has 0 amide bonds. The molecule has 0 aromatic carbocycles. The Bertz CT molecular complexity index is 576. The van der Waals surface area contributed by atoms with Crippen molar-refractivity contribution in [2.75, 3.05) is 25.0 Å². The van der Waals surface area contributed by atoms with E-state index in [4.69, 9.17) is 4.74 Å². The highest BCUT2D eigenvalue weighted by Crippen LogP contribution is 2.36. The molecule has 0 unspecified atom stereocenters. The zero-order valence-corrected chi connectivity index (χ0v) is 13.2. The van der Waals surface area contributed by atoms with Crippen molar-refractivity contribution >= 4 is 5.69 Å². The topological polar surface area (TPSA) is 50.3 Å². The Labute approximate surface area is 136 Å². The second kappa shape index (κ2) is 6.26. The van der Waals surface area contributed by atoms with Gasteiger partial charge in [-0.3, -0.25) is 14.9 Å². The Balaban J connectivity index is 1.34. The van der Waals surface area contributed by atoms with Crippen LogP contribution in [0, 0.1) is 0 Å². The van der Waals surface area contributed by atoms with Gasteiger partial charge in [0.05, 0.1) is 29.6 Å². The van der Waals surface area contributed by atoms with Crippen molar-refractivity contribution in [1.82, 2.24) is 14.9 Å². The van der Waals surface area contributed by atoms with Crippen molar-refractivity contribution in [3.05, 3.63) is 54.6 Å². The normalized spacial score (nSPS) is 27.6. The summed E-state index contributed by atoms with van der Waals surface area (Å²) in [7, 11) is 0. The molecule has 5 nitrogen and oxygen atoms in total. The molecule has 4 heterocycles. The van der Waals surface area contributed by atoms with Crippen LogP contribution in [0.5, 0.6) is 0 Å². The lowest BCUT2D eigenvalue weighted by Gasteiger charge is -2.23. The highest BCUT2D eigenvalue weighted by molar-refractivity contribution is 5.41. The highest BCUT2D eigenvalue weighted by Gasteiger charge is 2.45. The van der Waals surface area contributed by atoms with Gasteiger partial charge in [0.25, 0.3) is 0 Å². The van der Waals surface area contributed by atoms with Crippen LogP contribution in [-0.4, -0.2) is 46.2 Å². The van der Waals surface area contributed by atoms with Gasteiger partial charge in [-0.05, 0) is 30.7 Å². The summed E-state index contributed by atoms with van der Waals surface area (Å²) >= 11 is 0. The molecule has 0 radical (unpaired) electrons. The SMILES string of the molecule is c1ccc(CN2CC[C@]3(C[C@H](Nc4cccnc4)CO3)C2)nc1. The van der Waals surface area contributed by atoms with Gasteiger partial charge in [-0.1, -0.05) is 6.07 Å². The number of hydrogen-bond acceptors (Lipinski definition) is 5. The third-order valence-corrected chi connectivity index (χ3v) is 4.75. The molecular weight excluding hydrogens is 288 g/mol. The van der Waals surface area contributed by atoms with Gasteiger partial charge in [0.15, 0.2) is 0 Å². The third kappa shape index (κ3) is 3.35. The van der Waals surface area contributed by atoms with Gasteiger partial charge in [-0.2, -0.15) is 0 Å². The van der Waals surface area contributed by atoms with Crippen LogP contribution in [0.25, 0.3) is 0 Å². The molecular formula is C18H22N4O. The molecule has 5 heteroatoms. The minimum atomic E-state index is 0.00859. The fraction of sp³-hybridized carbons (Fsp3) is 0.444. The van der Waals surface area contributed by atoms with Crippen LogP contribution in [0.1, 0.15) is 18.5 Å². The van der Waals surface area contributed by atoms with E-state index in [0.29, 0.717) is 6.04 Å². The Kier molecular flexibility index (Phi) is 3.97. The number of ether oxygens (including phenoxy) is 1. The zero-order valence-electron chi connectivity index (χ0n) is 13.2. The van der Waals surface area contributed by atoms with Crippen LogP contribution in [0.4, 0.5) is 5.69 Å². The van der Waals surface area contributed by atoms with Crippen molar-refractivity contribution in [2.45, 2.75) is 31.0 Å². The summed E-state index contributed by atoms with van der Waals surface area (Å²) in [4.78, 5) is 11.0. The monoisotopic (exact) mass is 310 g/mol.